The Labute approximate surface area is 99.8 Å². The Morgan fingerprint density at radius 1 is 1.50 bits per heavy atom. The molecule has 1 atom stereocenters. The Morgan fingerprint density at radius 2 is 2.12 bits per heavy atom. The predicted octanol–water partition coefficient (Wildman–Crippen LogP) is 2.04. The highest BCUT2D eigenvalue weighted by atomic mass is 32.2. The van der Waals surface area contributed by atoms with Crippen molar-refractivity contribution in [3.63, 3.8) is 0 Å². The normalized spacial score (nSPS) is 11.6. The van der Waals surface area contributed by atoms with Crippen LogP contribution in [0.15, 0.2) is 24.3 Å². The Balaban J connectivity index is 2.57. The minimum atomic E-state index is -0.0922. The third-order valence-electron chi connectivity index (χ3n) is 2.23. The zero-order chi connectivity index (χ0) is 12.0. The first kappa shape index (κ1) is 12.6. The summed E-state index contributed by atoms with van der Waals surface area (Å²) in [6.07, 6.45) is 2.01. The van der Waals surface area contributed by atoms with E-state index in [2.05, 4.69) is 12.2 Å². The number of carbonyl (C=O) groups excluding carboxylic acids is 1. The summed E-state index contributed by atoms with van der Waals surface area (Å²) in [5, 5.41) is 11.9. The number of hydrogen-bond acceptors (Lipinski definition) is 3. The zero-order valence-corrected chi connectivity index (χ0v) is 10.2. The van der Waals surface area contributed by atoms with E-state index >= 15 is 0 Å². The summed E-state index contributed by atoms with van der Waals surface area (Å²) in [4.78, 5) is 11.7. The number of nitrogens with one attached hydrogen (secondary N) is 1. The molecular weight excluding hydrogens is 220 g/mol. The summed E-state index contributed by atoms with van der Waals surface area (Å²) in [7, 11) is 0. The van der Waals surface area contributed by atoms with Crippen molar-refractivity contribution in [1.82, 2.24) is 5.32 Å². The molecule has 0 aliphatic rings. The molecule has 0 aromatic heterocycles. The Hall–Kier alpha value is -1.47. The van der Waals surface area contributed by atoms with Gasteiger partial charge >= 0.3 is 0 Å². The van der Waals surface area contributed by atoms with Gasteiger partial charge in [0.1, 0.15) is 0 Å². The zero-order valence-electron chi connectivity index (χ0n) is 9.36. The molecule has 0 spiro atoms. The average Bonchev–Trinajstić information content (AvgIpc) is 2.35. The average molecular weight is 234 g/mol. The van der Waals surface area contributed by atoms with Crippen LogP contribution in [0.3, 0.4) is 0 Å². The molecule has 0 fully saturated rings. The monoisotopic (exact) mass is 234 g/mol. The summed E-state index contributed by atoms with van der Waals surface area (Å²) in [5.74, 6) is -0.0922. The lowest BCUT2D eigenvalue weighted by molar-refractivity contribution is 0.0954. The standard InChI is InChI=1S/C12H14N2OS/c1-9(16-2)8-14-12(15)11-5-3-10(7-13)4-6-11/h3-6,9H,8H2,1-2H3,(H,14,15). The van der Waals surface area contributed by atoms with E-state index in [1.807, 2.05) is 12.3 Å². The first-order valence-electron chi connectivity index (χ1n) is 4.98. The molecule has 1 aromatic rings. The van der Waals surface area contributed by atoms with Crippen LogP contribution >= 0.6 is 11.8 Å². The van der Waals surface area contributed by atoms with E-state index in [0.717, 1.165) is 0 Å². The number of thioether (sulfide) groups is 1. The second-order valence-corrected chi connectivity index (χ2v) is 4.72. The quantitative estimate of drug-likeness (QED) is 0.867. The molecule has 84 valence electrons. The van der Waals surface area contributed by atoms with Gasteiger partial charge in [-0.25, -0.2) is 0 Å². The number of nitrogens with zero attached hydrogens (tertiary/aromatic N) is 1. The van der Waals surface area contributed by atoms with E-state index in [4.69, 9.17) is 5.26 Å². The van der Waals surface area contributed by atoms with Gasteiger partial charge in [0, 0.05) is 17.4 Å². The number of carbonyl (C=O) groups is 1. The van der Waals surface area contributed by atoms with Gasteiger partial charge in [-0.05, 0) is 30.5 Å². The molecule has 0 saturated heterocycles. The number of nitriles is 1. The van der Waals surface area contributed by atoms with Crippen LogP contribution in [0.25, 0.3) is 0 Å². The molecule has 0 heterocycles. The van der Waals surface area contributed by atoms with Crippen LogP contribution in [0.2, 0.25) is 0 Å². The van der Waals surface area contributed by atoms with Crippen LogP contribution in [0.5, 0.6) is 0 Å². The second kappa shape index (κ2) is 6.19. The van der Waals surface area contributed by atoms with Crippen molar-refractivity contribution in [2.24, 2.45) is 0 Å². The highest BCUT2D eigenvalue weighted by Gasteiger charge is 2.06. The van der Waals surface area contributed by atoms with E-state index in [1.165, 1.54) is 0 Å². The van der Waals surface area contributed by atoms with Crippen molar-refractivity contribution in [2.45, 2.75) is 12.2 Å². The van der Waals surface area contributed by atoms with Gasteiger partial charge in [0.2, 0.25) is 0 Å². The molecular formula is C12H14N2OS. The van der Waals surface area contributed by atoms with Gasteiger partial charge in [0.15, 0.2) is 0 Å². The Bertz CT molecular complexity index is 394. The van der Waals surface area contributed by atoms with Gasteiger partial charge < -0.3 is 5.32 Å². The van der Waals surface area contributed by atoms with E-state index in [9.17, 15) is 4.79 Å². The first-order valence-corrected chi connectivity index (χ1v) is 6.27. The van der Waals surface area contributed by atoms with Crippen LogP contribution in [0.1, 0.15) is 22.8 Å². The van der Waals surface area contributed by atoms with Crippen molar-refractivity contribution in [3.8, 4) is 6.07 Å². The van der Waals surface area contributed by atoms with Crippen molar-refractivity contribution in [3.05, 3.63) is 35.4 Å². The third kappa shape index (κ3) is 3.59. The summed E-state index contributed by atoms with van der Waals surface area (Å²) in [6, 6.07) is 8.64. The molecule has 0 bridgehead atoms. The number of amides is 1. The van der Waals surface area contributed by atoms with E-state index in [-0.39, 0.29) is 5.91 Å². The predicted molar refractivity (Wildman–Crippen MR) is 66.5 cm³/mol. The van der Waals surface area contributed by atoms with Crippen molar-refractivity contribution < 1.29 is 4.79 Å². The minimum absolute atomic E-state index is 0.0922. The van der Waals surface area contributed by atoms with Crippen molar-refractivity contribution >= 4 is 17.7 Å². The molecule has 0 aliphatic heterocycles. The molecule has 3 nitrogen and oxygen atoms in total. The molecule has 0 saturated carbocycles. The van der Waals surface area contributed by atoms with Gasteiger partial charge in [0.25, 0.3) is 5.91 Å². The Kier molecular flexibility index (Phi) is 4.87. The molecule has 0 aliphatic carbocycles. The smallest absolute Gasteiger partial charge is 0.251 e. The van der Waals surface area contributed by atoms with Crippen LogP contribution in [-0.2, 0) is 0 Å². The number of rotatable bonds is 4. The highest BCUT2D eigenvalue weighted by Crippen LogP contribution is 2.05. The Morgan fingerprint density at radius 3 is 2.62 bits per heavy atom. The van der Waals surface area contributed by atoms with Crippen LogP contribution in [0.4, 0.5) is 0 Å². The van der Waals surface area contributed by atoms with Gasteiger partial charge in [-0.2, -0.15) is 17.0 Å². The van der Waals surface area contributed by atoms with Crippen molar-refractivity contribution in [2.75, 3.05) is 12.8 Å². The second-order valence-electron chi connectivity index (χ2n) is 3.45. The fraction of sp³-hybridized carbons (Fsp3) is 0.333. The number of benzene rings is 1. The molecule has 1 N–H and O–H groups in total. The van der Waals surface area contributed by atoms with E-state index in [1.54, 1.807) is 36.0 Å². The summed E-state index contributed by atoms with van der Waals surface area (Å²) < 4.78 is 0. The van der Waals surface area contributed by atoms with E-state index in [0.29, 0.717) is 22.9 Å². The molecule has 0 radical (unpaired) electrons. The SMILES string of the molecule is CSC(C)CNC(=O)c1ccc(C#N)cc1. The number of hydrogen-bond donors (Lipinski definition) is 1. The van der Waals surface area contributed by atoms with Gasteiger partial charge in [-0.3, -0.25) is 4.79 Å². The van der Waals surface area contributed by atoms with Gasteiger partial charge in [-0.1, -0.05) is 6.92 Å². The lowest BCUT2D eigenvalue weighted by Crippen LogP contribution is -2.29. The lowest BCUT2D eigenvalue weighted by atomic mass is 10.1. The maximum Gasteiger partial charge on any atom is 0.251 e. The van der Waals surface area contributed by atoms with E-state index < -0.39 is 0 Å². The highest BCUT2D eigenvalue weighted by molar-refractivity contribution is 7.99. The molecule has 1 unspecified atom stereocenters. The third-order valence-corrected chi connectivity index (χ3v) is 3.20. The minimum Gasteiger partial charge on any atom is -0.351 e. The van der Waals surface area contributed by atoms with Crippen LogP contribution < -0.4 is 5.32 Å². The molecule has 1 rings (SSSR count). The van der Waals surface area contributed by atoms with Crippen LogP contribution in [0, 0.1) is 11.3 Å². The summed E-state index contributed by atoms with van der Waals surface area (Å²) in [5.41, 5.74) is 1.15. The summed E-state index contributed by atoms with van der Waals surface area (Å²) >= 11 is 1.71. The molecule has 1 aromatic carbocycles. The fourth-order valence-corrected chi connectivity index (χ4v) is 1.37. The maximum absolute atomic E-state index is 11.7. The van der Waals surface area contributed by atoms with Gasteiger partial charge in [-0.15, -0.1) is 0 Å². The molecule has 1 amide bonds. The van der Waals surface area contributed by atoms with Gasteiger partial charge in [0.05, 0.1) is 11.6 Å². The molecule has 4 heteroatoms. The first-order chi connectivity index (χ1) is 7.67. The van der Waals surface area contributed by atoms with Crippen LogP contribution in [-0.4, -0.2) is 24.0 Å². The van der Waals surface area contributed by atoms with Crippen molar-refractivity contribution in [1.29, 1.82) is 5.26 Å². The molecule has 16 heavy (non-hydrogen) atoms. The fourth-order valence-electron chi connectivity index (χ4n) is 1.12. The maximum atomic E-state index is 11.7. The summed E-state index contributed by atoms with van der Waals surface area (Å²) in [6.45, 7) is 2.71. The lowest BCUT2D eigenvalue weighted by Gasteiger charge is -2.09. The topological polar surface area (TPSA) is 52.9 Å². The largest absolute Gasteiger partial charge is 0.351 e.